The third-order valence-electron chi connectivity index (χ3n) is 4.41. The predicted molar refractivity (Wildman–Crippen MR) is 83.6 cm³/mol. The molecule has 2 nitrogen and oxygen atoms in total. The van der Waals surface area contributed by atoms with E-state index in [1.807, 2.05) is 0 Å². The van der Waals surface area contributed by atoms with E-state index in [4.69, 9.17) is 0 Å². The second-order valence-electron chi connectivity index (χ2n) is 5.99. The summed E-state index contributed by atoms with van der Waals surface area (Å²) in [5, 5.41) is 3.52. The Kier molecular flexibility index (Phi) is 5.26. The van der Waals surface area contributed by atoms with Gasteiger partial charge < -0.3 is 10.2 Å². The Bertz CT molecular complexity index is 389. The molecule has 2 atom stereocenters. The summed E-state index contributed by atoms with van der Waals surface area (Å²) in [5.41, 5.74) is 2.88. The molecule has 1 aliphatic heterocycles. The van der Waals surface area contributed by atoms with Gasteiger partial charge in [-0.2, -0.15) is 0 Å². The number of rotatable bonds is 5. The van der Waals surface area contributed by atoms with Crippen LogP contribution < -0.4 is 10.2 Å². The molecule has 1 heterocycles. The van der Waals surface area contributed by atoms with Gasteiger partial charge in [0.2, 0.25) is 0 Å². The van der Waals surface area contributed by atoms with Crippen molar-refractivity contribution in [3.8, 4) is 0 Å². The van der Waals surface area contributed by atoms with Crippen LogP contribution in [0.2, 0.25) is 0 Å². The molecule has 0 spiro atoms. The molecule has 0 aromatic heterocycles. The van der Waals surface area contributed by atoms with Gasteiger partial charge in [-0.25, -0.2) is 0 Å². The van der Waals surface area contributed by atoms with Crippen molar-refractivity contribution in [2.24, 2.45) is 11.8 Å². The molecule has 106 valence electrons. The average Bonchev–Trinajstić information content (AvgIpc) is 2.43. The molecule has 1 aromatic rings. The maximum Gasteiger partial charge on any atom is 0.0411 e. The molecule has 1 aromatic carbocycles. The minimum Gasteiger partial charge on any atom is -0.371 e. The van der Waals surface area contributed by atoms with Crippen molar-refractivity contribution in [2.45, 2.75) is 40.2 Å². The van der Waals surface area contributed by atoms with Gasteiger partial charge in [0.05, 0.1) is 0 Å². The number of nitrogens with zero attached hydrogens (tertiary/aromatic N) is 1. The third-order valence-corrected chi connectivity index (χ3v) is 4.41. The minimum atomic E-state index is 0.797. The Balaban J connectivity index is 2.06. The van der Waals surface area contributed by atoms with E-state index in [9.17, 15) is 0 Å². The van der Waals surface area contributed by atoms with Gasteiger partial charge in [-0.1, -0.05) is 39.0 Å². The van der Waals surface area contributed by atoms with Crippen molar-refractivity contribution in [1.82, 2.24) is 5.32 Å². The summed E-state index contributed by atoms with van der Waals surface area (Å²) in [5.74, 6) is 1.66. The third kappa shape index (κ3) is 3.73. The van der Waals surface area contributed by atoms with Crippen LogP contribution in [0.15, 0.2) is 24.3 Å². The van der Waals surface area contributed by atoms with Gasteiger partial charge in [-0.05, 0) is 42.9 Å². The molecule has 0 bridgehead atoms. The van der Waals surface area contributed by atoms with E-state index in [-0.39, 0.29) is 0 Å². The fourth-order valence-electron chi connectivity index (χ4n) is 2.85. The second-order valence-corrected chi connectivity index (χ2v) is 5.99. The lowest BCUT2D eigenvalue weighted by molar-refractivity contribution is 0.323. The number of nitrogens with one attached hydrogen (secondary N) is 1. The van der Waals surface area contributed by atoms with Crippen molar-refractivity contribution in [3.63, 3.8) is 0 Å². The number of hydrogen-bond acceptors (Lipinski definition) is 2. The molecule has 1 fully saturated rings. The maximum atomic E-state index is 3.52. The predicted octanol–water partition coefficient (Wildman–Crippen LogP) is 3.67. The van der Waals surface area contributed by atoms with Crippen molar-refractivity contribution in [1.29, 1.82) is 0 Å². The van der Waals surface area contributed by atoms with Crippen molar-refractivity contribution < 1.29 is 0 Å². The lowest BCUT2D eigenvalue weighted by atomic mass is 9.88. The van der Waals surface area contributed by atoms with E-state index < -0.39 is 0 Å². The molecule has 1 aliphatic rings. The van der Waals surface area contributed by atoms with Crippen molar-refractivity contribution in [3.05, 3.63) is 29.8 Å². The first-order valence-corrected chi connectivity index (χ1v) is 7.76. The van der Waals surface area contributed by atoms with Crippen LogP contribution in [0, 0.1) is 11.8 Å². The van der Waals surface area contributed by atoms with Gasteiger partial charge in [0.1, 0.15) is 0 Å². The summed E-state index contributed by atoms with van der Waals surface area (Å²) in [6.07, 6.45) is 2.51. The molecular formula is C17H28N2. The Morgan fingerprint density at radius 1 is 1.21 bits per heavy atom. The van der Waals surface area contributed by atoms with E-state index >= 15 is 0 Å². The molecule has 2 rings (SSSR count). The van der Waals surface area contributed by atoms with Crippen LogP contribution in [0.3, 0.4) is 0 Å². The van der Waals surface area contributed by atoms with E-state index in [0.29, 0.717) is 0 Å². The maximum absolute atomic E-state index is 3.52. The molecule has 0 radical (unpaired) electrons. The molecule has 1 saturated heterocycles. The van der Waals surface area contributed by atoms with Gasteiger partial charge in [0.15, 0.2) is 0 Å². The molecule has 2 unspecified atom stereocenters. The number of piperidine rings is 1. The van der Waals surface area contributed by atoms with Gasteiger partial charge >= 0.3 is 0 Å². The highest BCUT2D eigenvalue weighted by molar-refractivity contribution is 5.54. The number of anilines is 1. The highest BCUT2D eigenvalue weighted by Crippen LogP contribution is 2.29. The lowest BCUT2D eigenvalue weighted by Crippen LogP contribution is -2.39. The van der Waals surface area contributed by atoms with Crippen LogP contribution in [0.1, 0.15) is 39.2 Å². The first-order chi connectivity index (χ1) is 9.22. The average molecular weight is 260 g/mol. The standard InChI is InChI=1S/C17H28N2/c1-4-10-18-12-16-7-5-6-8-17(16)19-11-9-14(2)15(3)13-19/h5-8,14-15,18H,4,9-13H2,1-3H3. The minimum absolute atomic E-state index is 0.797. The fourth-order valence-corrected chi connectivity index (χ4v) is 2.85. The number of hydrogen-bond donors (Lipinski definition) is 1. The van der Waals surface area contributed by atoms with E-state index in [2.05, 4.69) is 55.3 Å². The van der Waals surface area contributed by atoms with Gasteiger partial charge in [0.25, 0.3) is 0 Å². The Hall–Kier alpha value is -1.02. The normalized spacial score (nSPS) is 23.6. The summed E-state index contributed by atoms with van der Waals surface area (Å²) in [4.78, 5) is 2.58. The number of para-hydroxylation sites is 1. The largest absolute Gasteiger partial charge is 0.371 e. The van der Waals surface area contributed by atoms with Crippen LogP contribution >= 0.6 is 0 Å². The molecule has 0 saturated carbocycles. The summed E-state index contributed by atoms with van der Waals surface area (Å²) in [6.45, 7) is 11.5. The Morgan fingerprint density at radius 2 is 2.00 bits per heavy atom. The molecule has 19 heavy (non-hydrogen) atoms. The Morgan fingerprint density at radius 3 is 2.74 bits per heavy atom. The van der Waals surface area contributed by atoms with Crippen molar-refractivity contribution in [2.75, 3.05) is 24.5 Å². The Labute approximate surface area is 118 Å². The monoisotopic (exact) mass is 260 g/mol. The zero-order valence-corrected chi connectivity index (χ0v) is 12.7. The summed E-state index contributed by atoms with van der Waals surface area (Å²) in [6, 6.07) is 8.87. The summed E-state index contributed by atoms with van der Waals surface area (Å²) >= 11 is 0. The highest BCUT2D eigenvalue weighted by atomic mass is 15.1. The smallest absolute Gasteiger partial charge is 0.0411 e. The summed E-state index contributed by atoms with van der Waals surface area (Å²) < 4.78 is 0. The molecule has 0 aliphatic carbocycles. The van der Waals surface area contributed by atoms with Crippen molar-refractivity contribution >= 4 is 5.69 Å². The first-order valence-electron chi connectivity index (χ1n) is 7.76. The molecule has 1 N–H and O–H groups in total. The zero-order valence-electron chi connectivity index (χ0n) is 12.7. The first kappa shape index (κ1) is 14.4. The second kappa shape index (κ2) is 6.95. The highest BCUT2D eigenvalue weighted by Gasteiger charge is 2.23. The van der Waals surface area contributed by atoms with Gasteiger partial charge in [-0.3, -0.25) is 0 Å². The van der Waals surface area contributed by atoms with Crippen LogP contribution in [-0.4, -0.2) is 19.6 Å². The quantitative estimate of drug-likeness (QED) is 0.813. The van der Waals surface area contributed by atoms with E-state index in [1.165, 1.54) is 37.2 Å². The molecule has 0 amide bonds. The zero-order chi connectivity index (χ0) is 13.7. The SMILES string of the molecule is CCCNCc1ccccc1N1CCC(C)C(C)C1. The fraction of sp³-hybridized carbons (Fsp3) is 0.647. The summed E-state index contributed by atoms with van der Waals surface area (Å²) in [7, 11) is 0. The van der Waals surface area contributed by atoms with E-state index in [1.54, 1.807) is 0 Å². The molecule has 2 heteroatoms. The number of benzene rings is 1. The van der Waals surface area contributed by atoms with E-state index in [0.717, 1.165) is 24.9 Å². The van der Waals surface area contributed by atoms with Gasteiger partial charge in [-0.15, -0.1) is 0 Å². The van der Waals surface area contributed by atoms with Crippen LogP contribution in [0.25, 0.3) is 0 Å². The van der Waals surface area contributed by atoms with Crippen LogP contribution in [0.5, 0.6) is 0 Å². The van der Waals surface area contributed by atoms with Crippen LogP contribution in [-0.2, 0) is 6.54 Å². The molecular weight excluding hydrogens is 232 g/mol. The van der Waals surface area contributed by atoms with Gasteiger partial charge in [0, 0.05) is 25.3 Å². The topological polar surface area (TPSA) is 15.3 Å². The lowest BCUT2D eigenvalue weighted by Gasteiger charge is -2.37. The van der Waals surface area contributed by atoms with Crippen LogP contribution in [0.4, 0.5) is 5.69 Å².